The number of amides is 5. The number of hydrogen-bond acceptors (Lipinski definition) is 8. The van der Waals surface area contributed by atoms with Gasteiger partial charge in [-0.3, -0.25) is 19.2 Å². The van der Waals surface area contributed by atoms with Gasteiger partial charge in [-0.15, -0.1) is 11.3 Å². The van der Waals surface area contributed by atoms with Gasteiger partial charge in [0.1, 0.15) is 16.3 Å². The number of nitrogens with zero attached hydrogens (tertiary/aromatic N) is 2. The van der Waals surface area contributed by atoms with Crippen LogP contribution in [0.25, 0.3) is 0 Å². The van der Waals surface area contributed by atoms with E-state index in [-0.39, 0.29) is 22.6 Å². The predicted molar refractivity (Wildman–Crippen MR) is 194 cm³/mol. The Morgan fingerprint density at radius 1 is 1.04 bits per heavy atom. The normalized spacial score (nSPS) is 23.9. The van der Waals surface area contributed by atoms with Crippen molar-refractivity contribution >= 4 is 50.9 Å². The molecule has 0 aromatic carbocycles. The van der Waals surface area contributed by atoms with Crippen LogP contribution in [0.5, 0.6) is 0 Å². The SMILES string of the molecule is CCCNC(=O)C(=O)[C@@H]1CCCCCCCCC[C@H](NC(=O)N[C@H](CN(C)S(=O)(=O)c2cccs2)C(C)(C)C)C(=O)N2CC[C@H](C)[C@H]2C(=O)N1. The molecule has 2 aliphatic rings. The maximum atomic E-state index is 14.2. The molecule has 0 aliphatic carbocycles. The maximum Gasteiger partial charge on any atom is 0.315 e. The van der Waals surface area contributed by atoms with E-state index in [0.717, 1.165) is 43.4 Å². The standard InChI is InChI=1S/C35H58N6O7S2/c1-7-20-36-32(44)30(42)25-16-13-11-9-8-10-12-14-17-26(33(45)41-21-19-24(2)29(41)31(43)37-25)38-34(46)39-27(35(3,4)5)23-40(6)50(47,48)28-18-15-22-49-28/h15,18,22,24-27,29H,7-14,16-17,19-21,23H2,1-6H3,(H,36,44)(H,37,43)(H2,38,39,46)/t24-,25-,26-,27+,29-/m0/s1. The van der Waals surface area contributed by atoms with Gasteiger partial charge >= 0.3 is 6.03 Å². The fourth-order valence-corrected chi connectivity index (χ4v) is 8.84. The molecule has 2 fully saturated rings. The first-order valence-electron chi connectivity index (χ1n) is 18.1. The minimum Gasteiger partial charge on any atom is -0.349 e. The number of sulfonamides is 1. The molecule has 2 saturated heterocycles. The molecule has 2 aliphatic heterocycles. The fraction of sp³-hybridized carbons (Fsp3) is 0.743. The van der Waals surface area contributed by atoms with Crippen molar-refractivity contribution in [2.75, 3.05) is 26.7 Å². The Kier molecular flexibility index (Phi) is 15.7. The van der Waals surface area contributed by atoms with E-state index in [0.29, 0.717) is 51.6 Å². The van der Waals surface area contributed by atoms with E-state index in [9.17, 15) is 32.4 Å². The zero-order chi connectivity index (χ0) is 37.1. The summed E-state index contributed by atoms with van der Waals surface area (Å²) in [5.41, 5.74) is -0.532. The minimum absolute atomic E-state index is 0.0119. The van der Waals surface area contributed by atoms with Gasteiger partial charge in [-0.2, -0.15) is 4.31 Å². The zero-order valence-corrected chi connectivity index (χ0v) is 32.2. The van der Waals surface area contributed by atoms with Gasteiger partial charge in [-0.25, -0.2) is 13.2 Å². The highest BCUT2D eigenvalue weighted by Crippen LogP contribution is 2.27. The number of fused-ring (bicyclic) bond motifs is 1. The number of hydrogen-bond donors (Lipinski definition) is 4. The van der Waals surface area contributed by atoms with Crippen LogP contribution in [0.3, 0.4) is 0 Å². The molecule has 0 unspecified atom stereocenters. The highest BCUT2D eigenvalue weighted by molar-refractivity contribution is 7.91. The van der Waals surface area contributed by atoms with Gasteiger partial charge in [0.2, 0.25) is 17.6 Å². The van der Waals surface area contributed by atoms with E-state index < -0.39 is 63.2 Å². The Morgan fingerprint density at radius 2 is 1.68 bits per heavy atom. The van der Waals surface area contributed by atoms with Gasteiger partial charge in [-0.05, 0) is 48.5 Å². The number of Topliss-reactive ketones (excluding diaryl/α,β-unsaturated/α-hetero) is 1. The number of urea groups is 1. The molecule has 5 atom stereocenters. The van der Waals surface area contributed by atoms with E-state index >= 15 is 0 Å². The average Bonchev–Trinajstić information content (AvgIpc) is 3.74. The van der Waals surface area contributed by atoms with Gasteiger partial charge in [-0.1, -0.05) is 85.6 Å². The van der Waals surface area contributed by atoms with Crippen LogP contribution >= 0.6 is 11.3 Å². The number of ketones is 1. The summed E-state index contributed by atoms with van der Waals surface area (Å²) in [7, 11) is -2.28. The molecule has 1 aromatic heterocycles. The summed E-state index contributed by atoms with van der Waals surface area (Å²) < 4.78 is 27.7. The van der Waals surface area contributed by atoms with Crippen molar-refractivity contribution in [3.05, 3.63) is 17.5 Å². The third kappa shape index (κ3) is 11.5. The second kappa shape index (κ2) is 19.0. The van der Waals surface area contributed by atoms with E-state index in [4.69, 9.17) is 0 Å². The van der Waals surface area contributed by atoms with Crippen LogP contribution in [0.1, 0.15) is 105 Å². The molecule has 4 N–H and O–H groups in total. The van der Waals surface area contributed by atoms with Crippen molar-refractivity contribution < 1.29 is 32.4 Å². The first kappa shape index (κ1) is 41.4. The zero-order valence-electron chi connectivity index (χ0n) is 30.6. The van der Waals surface area contributed by atoms with Gasteiger partial charge in [0, 0.05) is 32.7 Å². The third-order valence-electron chi connectivity index (χ3n) is 9.68. The summed E-state index contributed by atoms with van der Waals surface area (Å²) in [4.78, 5) is 68.8. The molecule has 3 rings (SSSR count). The van der Waals surface area contributed by atoms with Crippen LogP contribution in [-0.2, 0) is 29.2 Å². The predicted octanol–water partition coefficient (Wildman–Crippen LogP) is 3.79. The lowest BCUT2D eigenvalue weighted by atomic mass is 9.86. The second-order valence-corrected chi connectivity index (χ2v) is 18.0. The summed E-state index contributed by atoms with van der Waals surface area (Å²) in [6, 6.07) is -0.767. The summed E-state index contributed by atoms with van der Waals surface area (Å²) in [6.07, 6.45) is 7.92. The number of rotatable bonds is 10. The van der Waals surface area contributed by atoms with Crippen LogP contribution in [0, 0.1) is 11.3 Å². The van der Waals surface area contributed by atoms with Crippen LogP contribution in [0.4, 0.5) is 4.79 Å². The summed E-state index contributed by atoms with van der Waals surface area (Å²) in [5, 5.41) is 12.9. The van der Waals surface area contributed by atoms with E-state index in [1.54, 1.807) is 17.5 Å². The summed E-state index contributed by atoms with van der Waals surface area (Å²) in [6.45, 7) is 10.2. The lowest BCUT2D eigenvalue weighted by Crippen LogP contribution is -2.59. The molecular formula is C35H58N6O7S2. The summed E-state index contributed by atoms with van der Waals surface area (Å²) >= 11 is 1.12. The van der Waals surface area contributed by atoms with Gasteiger partial charge in [0.05, 0.1) is 6.04 Å². The maximum absolute atomic E-state index is 14.2. The van der Waals surface area contributed by atoms with Gasteiger partial charge in [0.15, 0.2) is 0 Å². The molecule has 0 bridgehead atoms. The average molecular weight is 739 g/mol. The van der Waals surface area contributed by atoms with E-state index in [1.807, 2.05) is 34.6 Å². The molecule has 50 heavy (non-hydrogen) atoms. The van der Waals surface area contributed by atoms with Crippen molar-refractivity contribution in [1.82, 2.24) is 30.5 Å². The van der Waals surface area contributed by atoms with Crippen LogP contribution in [0.2, 0.25) is 0 Å². The van der Waals surface area contributed by atoms with Crippen LogP contribution in [0.15, 0.2) is 21.7 Å². The number of carbonyl (C=O) groups is 5. The molecule has 5 amide bonds. The Balaban J connectivity index is 1.81. The lowest BCUT2D eigenvalue weighted by Gasteiger charge is -2.35. The van der Waals surface area contributed by atoms with Crippen molar-refractivity contribution in [2.45, 2.75) is 134 Å². The van der Waals surface area contributed by atoms with Crippen LogP contribution < -0.4 is 21.3 Å². The molecule has 0 spiro atoms. The number of nitrogens with one attached hydrogen (secondary N) is 4. The second-order valence-electron chi connectivity index (χ2n) is 14.8. The van der Waals surface area contributed by atoms with E-state index in [1.165, 1.54) is 16.3 Å². The quantitative estimate of drug-likeness (QED) is 0.264. The molecule has 13 nitrogen and oxygen atoms in total. The molecule has 0 saturated carbocycles. The van der Waals surface area contributed by atoms with Gasteiger partial charge < -0.3 is 26.2 Å². The number of likely N-dealkylation sites (N-methyl/N-ethyl adjacent to an activating group) is 1. The van der Waals surface area contributed by atoms with E-state index in [2.05, 4.69) is 21.3 Å². The molecule has 0 radical (unpaired) electrons. The Morgan fingerprint density at radius 3 is 2.28 bits per heavy atom. The highest BCUT2D eigenvalue weighted by Gasteiger charge is 2.43. The monoisotopic (exact) mass is 738 g/mol. The Hall–Kier alpha value is -3.04. The molecule has 282 valence electrons. The first-order valence-corrected chi connectivity index (χ1v) is 20.4. The third-order valence-corrected chi connectivity index (χ3v) is 12.9. The van der Waals surface area contributed by atoms with Gasteiger partial charge in [0.25, 0.3) is 15.9 Å². The smallest absolute Gasteiger partial charge is 0.315 e. The number of thiophene rings is 1. The largest absolute Gasteiger partial charge is 0.349 e. The Labute approximate surface area is 302 Å². The van der Waals surface area contributed by atoms with Crippen molar-refractivity contribution in [3.63, 3.8) is 0 Å². The first-order chi connectivity index (χ1) is 23.6. The Bertz CT molecular complexity index is 1410. The molecular weight excluding hydrogens is 681 g/mol. The molecule has 1 aromatic rings. The highest BCUT2D eigenvalue weighted by atomic mass is 32.2. The fourth-order valence-electron chi connectivity index (χ4n) is 6.46. The number of carbonyl (C=O) groups excluding carboxylic acids is 5. The minimum atomic E-state index is -3.76. The lowest BCUT2D eigenvalue weighted by molar-refractivity contribution is -0.143. The molecule has 15 heteroatoms. The topological polar surface area (TPSA) is 174 Å². The van der Waals surface area contributed by atoms with Crippen molar-refractivity contribution in [1.29, 1.82) is 0 Å². The van der Waals surface area contributed by atoms with Crippen molar-refractivity contribution in [2.24, 2.45) is 11.3 Å². The van der Waals surface area contributed by atoms with Crippen LogP contribution in [-0.4, -0.2) is 98.0 Å². The van der Waals surface area contributed by atoms with Crippen molar-refractivity contribution in [3.8, 4) is 0 Å². The summed E-state index contributed by atoms with van der Waals surface area (Å²) in [5.74, 6) is -2.48. The molecule has 3 heterocycles.